The monoisotopic (exact) mass is 335 g/mol. The lowest BCUT2D eigenvalue weighted by molar-refractivity contribution is 0.0472. The van der Waals surface area contributed by atoms with Gasteiger partial charge in [-0.3, -0.25) is 0 Å². The minimum atomic E-state index is -0.421. The average molecular weight is 336 g/mol. The fraction of sp³-hybridized carbons (Fsp3) is 0.133. The van der Waals surface area contributed by atoms with Crippen molar-refractivity contribution in [3.63, 3.8) is 0 Å². The highest BCUT2D eigenvalue weighted by molar-refractivity contribution is 9.10. The minimum absolute atomic E-state index is 0.201. The van der Waals surface area contributed by atoms with Crippen molar-refractivity contribution in [2.24, 2.45) is 0 Å². The highest BCUT2D eigenvalue weighted by atomic mass is 79.9. The molecule has 2 aromatic rings. The second-order valence-corrected chi connectivity index (χ2v) is 4.98. The number of hydrogen-bond acceptors (Lipinski definition) is 4. The number of nitrogen functional groups attached to an aromatic ring is 1. The van der Waals surface area contributed by atoms with Crippen LogP contribution >= 0.6 is 15.9 Å². The molecular weight excluding hydrogens is 322 g/mol. The fourth-order valence-electron chi connectivity index (χ4n) is 1.70. The fourth-order valence-corrected chi connectivity index (χ4v) is 2.10. The number of carbonyl (C=O) groups excluding carboxylic acids is 1. The lowest BCUT2D eigenvalue weighted by atomic mass is 10.2. The maximum atomic E-state index is 11.9. The topological polar surface area (TPSA) is 61.5 Å². The number of methoxy groups -OCH3 is 1. The van der Waals surface area contributed by atoms with Crippen LogP contribution in [0.4, 0.5) is 5.69 Å². The van der Waals surface area contributed by atoms with E-state index in [0.29, 0.717) is 17.0 Å². The Morgan fingerprint density at radius 1 is 1.25 bits per heavy atom. The number of carbonyl (C=O) groups is 1. The molecule has 2 aromatic carbocycles. The van der Waals surface area contributed by atoms with Crippen molar-refractivity contribution in [3.8, 4) is 5.75 Å². The SMILES string of the molecule is COc1ccc(C(=O)OCc2ccccc2Br)cc1N. The number of esters is 1. The van der Waals surface area contributed by atoms with Crippen molar-refractivity contribution in [2.75, 3.05) is 12.8 Å². The van der Waals surface area contributed by atoms with Gasteiger partial charge in [0.15, 0.2) is 0 Å². The van der Waals surface area contributed by atoms with Gasteiger partial charge in [0.2, 0.25) is 0 Å². The smallest absolute Gasteiger partial charge is 0.338 e. The van der Waals surface area contributed by atoms with Gasteiger partial charge >= 0.3 is 5.97 Å². The van der Waals surface area contributed by atoms with Gasteiger partial charge in [0.25, 0.3) is 0 Å². The molecule has 0 amide bonds. The normalized spacial score (nSPS) is 10.1. The molecule has 0 spiro atoms. The molecule has 4 nitrogen and oxygen atoms in total. The van der Waals surface area contributed by atoms with E-state index in [1.165, 1.54) is 7.11 Å². The molecule has 0 fully saturated rings. The van der Waals surface area contributed by atoms with Gasteiger partial charge in [0.1, 0.15) is 12.4 Å². The third-order valence-corrected chi connectivity index (χ3v) is 3.56. The van der Waals surface area contributed by atoms with Crippen LogP contribution in [0.1, 0.15) is 15.9 Å². The zero-order valence-corrected chi connectivity index (χ0v) is 12.5. The quantitative estimate of drug-likeness (QED) is 0.687. The van der Waals surface area contributed by atoms with Crippen LogP contribution in [0.25, 0.3) is 0 Å². The summed E-state index contributed by atoms with van der Waals surface area (Å²) in [5, 5.41) is 0. The van der Waals surface area contributed by atoms with E-state index >= 15 is 0 Å². The van der Waals surface area contributed by atoms with Crippen LogP contribution in [-0.4, -0.2) is 13.1 Å². The van der Waals surface area contributed by atoms with Gasteiger partial charge in [0.05, 0.1) is 18.4 Å². The molecule has 0 heterocycles. The molecule has 0 unspecified atom stereocenters. The lowest BCUT2D eigenvalue weighted by Gasteiger charge is -2.08. The average Bonchev–Trinajstić information content (AvgIpc) is 2.46. The molecule has 0 radical (unpaired) electrons. The number of ether oxygens (including phenoxy) is 2. The lowest BCUT2D eigenvalue weighted by Crippen LogP contribution is -2.06. The summed E-state index contributed by atoms with van der Waals surface area (Å²) in [5.41, 5.74) is 7.47. The highest BCUT2D eigenvalue weighted by Crippen LogP contribution is 2.23. The predicted molar refractivity (Wildman–Crippen MR) is 80.7 cm³/mol. The molecule has 104 valence electrons. The predicted octanol–water partition coefficient (Wildman–Crippen LogP) is 3.40. The first-order valence-electron chi connectivity index (χ1n) is 5.96. The van der Waals surface area contributed by atoms with Crippen molar-refractivity contribution in [1.29, 1.82) is 0 Å². The summed E-state index contributed by atoms with van der Waals surface area (Å²) in [6.07, 6.45) is 0. The van der Waals surface area contributed by atoms with E-state index in [9.17, 15) is 4.79 Å². The third kappa shape index (κ3) is 3.30. The van der Waals surface area contributed by atoms with Crippen molar-refractivity contribution >= 4 is 27.6 Å². The van der Waals surface area contributed by atoms with Gasteiger partial charge in [-0.2, -0.15) is 0 Å². The molecule has 0 aliphatic rings. The molecule has 0 aromatic heterocycles. The largest absolute Gasteiger partial charge is 0.495 e. The van der Waals surface area contributed by atoms with E-state index in [-0.39, 0.29) is 6.61 Å². The second-order valence-electron chi connectivity index (χ2n) is 4.12. The van der Waals surface area contributed by atoms with Gasteiger partial charge < -0.3 is 15.2 Å². The molecule has 0 aliphatic carbocycles. The first kappa shape index (κ1) is 14.4. The van der Waals surface area contributed by atoms with Crippen LogP contribution < -0.4 is 10.5 Å². The molecule has 2 rings (SSSR count). The number of rotatable bonds is 4. The van der Waals surface area contributed by atoms with E-state index in [1.54, 1.807) is 18.2 Å². The molecule has 0 saturated heterocycles. The van der Waals surface area contributed by atoms with Crippen molar-refractivity contribution in [2.45, 2.75) is 6.61 Å². The first-order chi connectivity index (χ1) is 9.61. The van der Waals surface area contributed by atoms with Crippen LogP contribution in [0.3, 0.4) is 0 Å². The van der Waals surface area contributed by atoms with E-state index in [4.69, 9.17) is 15.2 Å². The Kier molecular flexibility index (Phi) is 4.63. The number of anilines is 1. The molecule has 5 heteroatoms. The Hall–Kier alpha value is -2.01. The first-order valence-corrected chi connectivity index (χ1v) is 6.75. The molecule has 20 heavy (non-hydrogen) atoms. The Morgan fingerprint density at radius 3 is 2.65 bits per heavy atom. The van der Waals surface area contributed by atoms with Gasteiger partial charge in [-0.05, 0) is 24.3 Å². The highest BCUT2D eigenvalue weighted by Gasteiger charge is 2.10. The van der Waals surface area contributed by atoms with Crippen molar-refractivity contribution < 1.29 is 14.3 Å². The summed E-state index contributed by atoms with van der Waals surface area (Å²) in [6.45, 7) is 0.201. The summed E-state index contributed by atoms with van der Waals surface area (Å²) in [7, 11) is 1.52. The Bertz CT molecular complexity index is 628. The number of nitrogens with two attached hydrogens (primary N) is 1. The molecule has 2 N–H and O–H groups in total. The van der Waals surface area contributed by atoms with Gasteiger partial charge in [-0.25, -0.2) is 4.79 Å². The molecule has 0 aliphatic heterocycles. The number of hydrogen-bond donors (Lipinski definition) is 1. The van der Waals surface area contributed by atoms with Crippen LogP contribution in [0, 0.1) is 0 Å². The van der Waals surface area contributed by atoms with Gasteiger partial charge in [-0.1, -0.05) is 34.1 Å². The van der Waals surface area contributed by atoms with Crippen LogP contribution in [-0.2, 0) is 11.3 Å². The van der Waals surface area contributed by atoms with E-state index in [2.05, 4.69) is 15.9 Å². The van der Waals surface area contributed by atoms with Gasteiger partial charge in [0, 0.05) is 10.0 Å². The summed E-state index contributed by atoms with van der Waals surface area (Å²) < 4.78 is 11.2. The third-order valence-electron chi connectivity index (χ3n) is 2.78. The zero-order valence-electron chi connectivity index (χ0n) is 10.9. The summed E-state index contributed by atoms with van der Waals surface area (Å²) in [5.74, 6) is 0.113. The molecule has 0 bridgehead atoms. The Labute approximate surface area is 125 Å². The molecule has 0 atom stereocenters. The maximum absolute atomic E-state index is 11.9. The second kappa shape index (κ2) is 6.43. The van der Waals surface area contributed by atoms with E-state index in [1.807, 2.05) is 24.3 Å². The van der Waals surface area contributed by atoms with E-state index in [0.717, 1.165) is 10.0 Å². The summed E-state index contributed by atoms with van der Waals surface area (Å²) >= 11 is 3.41. The van der Waals surface area contributed by atoms with Gasteiger partial charge in [-0.15, -0.1) is 0 Å². The van der Waals surface area contributed by atoms with Crippen LogP contribution in [0.5, 0.6) is 5.75 Å². The Balaban J connectivity index is 2.05. The van der Waals surface area contributed by atoms with Crippen molar-refractivity contribution in [3.05, 3.63) is 58.1 Å². The minimum Gasteiger partial charge on any atom is -0.495 e. The van der Waals surface area contributed by atoms with Crippen LogP contribution in [0.15, 0.2) is 46.9 Å². The van der Waals surface area contributed by atoms with Crippen molar-refractivity contribution in [1.82, 2.24) is 0 Å². The molecule has 0 saturated carbocycles. The number of benzene rings is 2. The summed E-state index contributed by atoms with van der Waals surface area (Å²) in [4.78, 5) is 11.9. The van der Waals surface area contributed by atoms with E-state index < -0.39 is 5.97 Å². The maximum Gasteiger partial charge on any atom is 0.338 e. The summed E-state index contributed by atoms with van der Waals surface area (Å²) in [6, 6.07) is 12.4. The zero-order chi connectivity index (χ0) is 14.5. The standard InChI is InChI=1S/C15H14BrNO3/c1-19-14-7-6-10(8-13(14)17)15(18)20-9-11-4-2-3-5-12(11)16/h2-8H,9,17H2,1H3. The number of halogens is 1. The van der Waals surface area contributed by atoms with Crippen LogP contribution in [0.2, 0.25) is 0 Å². The molecular formula is C15H14BrNO3. The Morgan fingerprint density at radius 2 is 2.00 bits per heavy atom.